The molecule has 1 saturated carbocycles. The first-order chi connectivity index (χ1) is 17.8. The SMILES string of the molecule is Cc1cc(Cn2c(=O)n(Cc3cc(NC(=O)O)no3)c(=O)c3cc(S(=O)(=O)NC4(C)CC4)ccc32)n(C)n1. The molecule has 1 fully saturated rings. The molecule has 1 aliphatic carbocycles. The average Bonchev–Trinajstić information content (AvgIpc) is 3.23. The number of carbonyl (C=O) groups is 1. The van der Waals surface area contributed by atoms with Gasteiger partial charge in [0.05, 0.1) is 40.3 Å². The molecule has 3 heterocycles. The molecule has 0 unspecified atom stereocenters. The van der Waals surface area contributed by atoms with Gasteiger partial charge in [-0.25, -0.2) is 22.7 Å². The van der Waals surface area contributed by atoms with E-state index in [1.165, 1.54) is 28.8 Å². The lowest BCUT2D eigenvalue weighted by Gasteiger charge is -2.16. The fraction of sp³-hybridized carbons (Fsp3) is 0.348. The minimum Gasteiger partial charge on any atom is -0.465 e. The molecular weight excluding hydrogens is 518 g/mol. The second-order valence-corrected chi connectivity index (χ2v) is 11.3. The van der Waals surface area contributed by atoms with Gasteiger partial charge >= 0.3 is 11.8 Å². The van der Waals surface area contributed by atoms with Crippen molar-refractivity contribution < 1.29 is 22.8 Å². The summed E-state index contributed by atoms with van der Waals surface area (Å²) in [5, 5.41) is 18.8. The third-order valence-electron chi connectivity index (χ3n) is 6.41. The number of amides is 1. The van der Waals surface area contributed by atoms with Gasteiger partial charge in [-0.2, -0.15) is 5.10 Å². The van der Waals surface area contributed by atoms with Crippen LogP contribution >= 0.6 is 0 Å². The maximum Gasteiger partial charge on any atom is 0.410 e. The zero-order chi connectivity index (χ0) is 27.4. The average molecular weight is 544 g/mol. The van der Waals surface area contributed by atoms with Gasteiger partial charge in [-0.15, -0.1) is 0 Å². The zero-order valence-corrected chi connectivity index (χ0v) is 21.6. The van der Waals surface area contributed by atoms with E-state index in [4.69, 9.17) is 9.63 Å². The molecule has 3 aromatic heterocycles. The second-order valence-electron chi connectivity index (χ2n) is 9.61. The molecule has 0 bridgehead atoms. The molecule has 0 aliphatic heterocycles. The summed E-state index contributed by atoms with van der Waals surface area (Å²) in [7, 11) is -2.19. The number of carboxylic acid groups (broad SMARTS) is 1. The van der Waals surface area contributed by atoms with Crippen LogP contribution in [0.1, 0.15) is 36.9 Å². The second kappa shape index (κ2) is 8.95. The van der Waals surface area contributed by atoms with Crippen LogP contribution in [0.3, 0.4) is 0 Å². The minimum absolute atomic E-state index is 0.00992. The van der Waals surface area contributed by atoms with E-state index in [2.05, 4.69) is 15.0 Å². The molecule has 38 heavy (non-hydrogen) atoms. The Morgan fingerprint density at radius 2 is 1.89 bits per heavy atom. The highest BCUT2D eigenvalue weighted by atomic mass is 32.2. The molecule has 0 atom stereocenters. The van der Waals surface area contributed by atoms with Crippen LogP contribution in [0.5, 0.6) is 0 Å². The Morgan fingerprint density at radius 3 is 2.53 bits per heavy atom. The van der Waals surface area contributed by atoms with E-state index in [1.807, 2.05) is 12.2 Å². The number of sulfonamides is 1. The summed E-state index contributed by atoms with van der Waals surface area (Å²) >= 11 is 0. The van der Waals surface area contributed by atoms with Crippen molar-refractivity contribution in [2.45, 2.75) is 50.2 Å². The molecular formula is C23H25N7O7S. The third kappa shape index (κ3) is 4.84. The van der Waals surface area contributed by atoms with E-state index in [-0.39, 0.29) is 40.5 Å². The van der Waals surface area contributed by atoms with Gasteiger partial charge in [0.25, 0.3) is 5.56 Å². The van der Waals surface area contributed by atoms with Gasteiger partial charge in [0.15, 0.2) is 11.6 Å². The Balaban J connectivity index is 1.66. The molecule has 4 aromatic rings. The smallest absolute Gasteiger partial charge is 0.410 e. The maximum absolute atomic E-state index is 13.6. The lowest BCUT2D eigenvalue weighted by Crippen LogP contribution is -2.41. The molecule has 3 N–H and O–H groups in total. The number of nitrogens with one attached hydrogen (secondary N) is 2. The van der Waals surface area contributed by atoms with E-state index in [0.29, 0.717) is 18.5 Å². The molecule has 1 amide bonds. The number of nitrogens with zero attached hydrogens (tertiary/aromatic N) is 5. The molecule has 0 saturated heterocycles. The standard InChI is InChI=1S/C23H25N7O7S/c1-13-8-14(28(3)25-13)11-29-18-5-4-16(38(35,36)27-23(2)6-7-23)10-17(18)20(31)30(22(29)34)12-15-9-19(26-37-15)24-21(32)33/h4-5,8-10,27H,6-7,11-12H2,1-3H3,(H,24,26)(H,32,33). The van der Waals surface area contributed by atoms with Crippen molar-refractivity contribution >= 4 is 32.8 Å². The molecule has 0 radical (unpaired) electrons. The van der Waals surface area contributed by atoms with Crippen LogP contribution in [0.25, 0.3) is 10.9 Å². The van der Waals surface area contributed by atoms with Crippen LogP contribution in [-0.4, -0.2) is 49.2 Å². The van der Waals surface area contributed by atoms with Crippen molar-refractivity contribution in [2.24, 2.45) is 7.05 Å². The van der Waals surface area contributed by atoms with Crippen LogP contribution in [0.4, 0.5) is 10.6 Å². The van der Waals surface area contributed by atoms with Crippen LogP contribution < -0.4 is 21.3 Å². The Morgan fingerprint density at radius 1 is 1.16 bits per heavy atom. The Kier molecular flexibility index (Phi) is 5.99. The van der Waals surface area contributed by atoms with Crippen molar-refractivity contribution in [2.75, 3.05) is 5.32 Å². The molecule has 1 aliphatic rings. The van der Waals surface area contributed by atoms with E-state index in [1.54, 1.807) is 24.7 Å². The highest BCUT2D eigenvalue weighted by Crippen LogP contribution is 2.36. The quantitative estimate of drug-likeness (QED) is 0.294. The van der Waals surface area contributed by atoms with Crippen molar-refractivity contribution in [3.05, 3.63) is 68.3 Å². The molecule has 5 rings (SSSR count). The number of aryl methyl sites for hydroxylation is 2. The van der Waals surface area contributed by atoms with Crippen LogP contribution in [0, 0.1) is 6.92 Å². The topological polar surface area (TPSA) is 183 Å². The normalized spacial score (nSPS) is 14.6. The Labute approximate surface area is 215 Å². The van der Waals surface area contributed by atoms with Gasteiger partial charge in [0.1, 0.15) is 0 Å². The predicted octanol–water partition coefficient (Wildman–Crippen LogP) is 1.21. The van der Waals surface area contributed by atoms with Crippen molar-refractivity contribution in [1.82, 2.24) is 28.8 Å². The van der Waals surface area contributed by atoms with Gasteiger partial charge in [-0.3, -0.25) is 23.9 Å². The highest BCUT2D eigenvalue weighted by Gasteiger charge is 2.41. The molecule has 1 aromatic carbocycles. The summed E-state index contributed by atoms with van der Waals surface area (Å²) in [4.78, 5) is 37.9. The van der Waals surface area contributed by atoms with Gasteiger partial charge < -0.3 is 9.63 Å². The monoisotopic (exact) mass is 543 g/mol. The van der Waals surface area contributed by atoms with Gasteiger partial charge in [0.2, 0.25) is 10.0 Å². The van der Waals surface area contributed by atoms with Gasteiger partial charge in [0, 0.05) is 18.7 Å². The first-order valence-electron chi connectivity index (χ1n) is 11.6. The summed E-state index contributed by atoms with van der Waals surface area (Å²) in [6.07, 6.45) is 0.0715. The number of aromatic nitrogens is 5. The van der Waals surface area contributed by atoms with E-state index >= 15 is 0 Å². The zero-order valence-electron chi connectivity index (χ0n) is 20.8. The Hall–Kier alpha value is -4.24. The number of benzene rings is 1. The minimum atomic E-state index is -3.92. The number of anilines is 1. The van der Waals surface area contributed by atoms with E-state index < -0.39 is 32.9 Å². The Bertz CT molecular complexity index is 1810. The summed E-state index contributed by atoms with van der Waals surface area (Å²) < 4.78 is 37.7. The van der Waals surface area contributed by atoms with Crippen LogP contribution in [0.2, 0.25) is 0 Å². The van der Waals surface area contributed by atoms with Crippen molar-refractivity contribution in [3.8, 4) is 0 Å². The van der Waals surface area contributed by atoms with Gasteiger partial charge in [-0.1, -0.05) is 5.16 Å². The van der Waals surface area contributed by atoms with Crippen molar-refractivity contribution in [1.29, 1.82) is 0 Å². The van der Waals surface area contributed by atoms with E-state index in [0.717, 1.165) is 10.3 Å². The van der Waals surface area contributed by atoms with Crippen LogP contribution in [0.15, 0.2) is 49.3 Å². The fourth-order valence-corrected chi connectivity index (χ4v) is 5.71. The number of rotatable bonds is 8. The predicted molar refractivity (Wildman–Crippen MR) is 135 cm³/mol. The van der Waals surface area contributed by atoms with Gasteiger partial charge in [-0.05, 0) is 51.0 Å². The number of hydrogen-bond acceptors (Lipinski definition) is 8. The first-order valence-corrected chi connectivity index (χ1v) is 13.1. The van der Waals surface area contributed by atoms with E-state index in [9.17, 15) is 22.8 Å². The lowest BCUT2D eigenvalue weighted by molar-refractivity contribution is 0.209. The molecule has 14 nitrogen and oxygen atoms in total. The summed E-state index contributed by atoms with van der Waals surface area (Å²) in [5.41, 5.74) is -0.258. The molecule has 0 spiro atoms. The number of hydrogen-bond donors (Lipinski definition) is 3. The summed E-state index contributed by atoms with van der Waals surface area (Å²) in [5.74, 6) is -0.0672. The van der Waals surface area contributed by atoms with Crippen molar-refractivity contribution in [3.63, 3.8) is 0 Å². The molecule has 200 valence electrons. The third-order valence-corrected chi connectivity index (χ3v) is 8.05. The summed E-state index contributed by atoms with van der Waals surface area (Å²) in [6, 6.07) is 7.11. The first kappa shape index (κ1) is 25.4. The maximum atomic E-state index is 13.6. The fourth-order valence-electron chi connectivity index (χ4n) is 4.22. The van der Waals surface area contributed by atoms with Crippen LogP contribution in [-0.2, 0) is 30.2 Å². The highest BCUT2D eigenvalue weighted by molar-refractivity contribution is 7.89. The lowest BCUT2D eigenvalue weighted by atomic mass is 10.2. The molecule has 15 heteroatoms. The largest absolute Gasteiger partial charge is 0.465 e. The number of fused-ring (bicyclic) bond motifs is 1. The summed E-state index contributed by atoms with van der Waals surface area (Å²) in [6.45, 7) is 3.30.